The number of nitrogens with zero attached hydrogens (tertiary/aromatic N) is 5. The highest BCUT2D eigenvalue weighted by atomic mass is 16.2. The smallest absolute Gasteiger partial charge is 0.269 e. The molecule has 0 radical (unpaired) electrons. The van der Waals surface area contributed by atoms with Gasteiger partial charge in [-0.15, -0.1) is 5.10 Å². The third kappa shape index (κ3) is 3.81. The van der Waals surface area contributed by atoms with Gasteiger partial charge in [0.15, 0.2) is 0 Å². The van der Waals surface area contributed by atoms with E-state index in [1.807, 2.05) is 10.9 Å². The molecule has 1 aliphatic rings. The summed E-state index contributed by atoms with van der Waals surface area (Å²) in [5.74, 6) is 0.281. The standard InChI is InChI=1S/C16H24N6O2/c1-21-15(7-8-17-21)16(24)18-14-6-2-4-12(14)10-22-11-13(19-20-22)5-3-9-23/h7-8,11-12,14,23H,2-6,9-10H2,1H3,(H,18,24)/t12-,14-/m1/s1. The minimum atomic E-state index is -0.0749. The van der Waals surface area contributed by atoms with Crippen molar-refractivity contribution >= 4 is 5.91 Å². The van der Waals surface area contributed by atoms with Crippen LogP contribution in [0.15, 0.2) is 18.5 Å². The Hall–Kier alpha value is -2.22. The Morgan fingerprint density at radius 3 is 3.08 bits per heavy atom. The summed E-state index contributed by atoms with van der Waals surface area (Å²) in [5, 5.41) is 24.4. The average molecular weight is 332 g/mol. The third-order valence-corrected chi connectivity index (χ3v) is 4.63. The summed E-state index contributed by atoms with van der Waals surface area (Å²) >= 11 is 0. The molecule has 0 saturated heterocycles. The van der Waals surface area contributed by atoms with Gasteiger partial charge in [0.05, 0.1) is 5.69 Å². The number of rotatable bonds is 7. The fourth-order valence-corrected chi connectivity index (χ4v) is 3.33. The van der Waals surface area contributed by atoms with Crippen LogP contribution in [0.3, 0.4) is 0 Å². The lowest BCUT2D eigenvalue weighted by Gasteiger charge is -2.20. The van der Waals surface area contributed by atoms with Crippen LogP contribution < -0.4 is 5.32 Å². The van der Waals surface area contributed by atoms with Crippen molar-refractivity contribution in [3.8, 4) is 0 Å². The number of aliphatic hydroxyl groups is 1. The molecule has 1 aliphatic carbocycles. The second-order valence-corrected chi connectivity index (χ2v) is 6.37. The molecule has 2 aromatic heterocycles. The summed E-state index contributed by atoms with van der Waals surface area (Å²) in [6.07, 6.45) is 8.17. The van der Waals surface area contributed by atoms with Crippen LogP contribution in [0, 0.1) is 5.92 Å². The Morgan fingerprint density at radius 2 is 2.33 bits per heavy atom. The van der Waals surface area contributed by atoms with Gasteiger partial charge in [0.1, 0.15) is 5.69 Å². The van der Waals surface area contributed by atoms with E-state index in [4.69, 9.17) is 5.11 Å². The second kappa shape index (κ2) is 7.57. The van der Waals surface area contributed by atoms with Gasteiger partial charge < -0.3 is 10.4 Å². The maximum absolute atomic E-state index is 12.4. The van der Waals surface area contributed by atoms with Crippen LogP contribution in [-0.4, -0.2) is 48.4 Å². The zero-order valence-corrected chi connectivity index (χ0v) is 13.9. The van der Waals surface area contributed by atoms with Crippen LogP contribution in [-0.2, 0) is 20.0 Å². The van der Waals surface area contributed by atoms with Gasteiger partial charge in [-0.2, -0.15) is 5.10 Å². The topological polar surface area (TPSA) is 97.9 Å². The molecule has 0 aromatic carbocycles. The lowest BCUT2D eigenvalue weighted by Crippen LogP contribution is -2.39. The molecule has 0 aliphatic heterocycles. The second-order valence-electron chi connectivity index (χ2n) is 6.37. The molecule has 1 amide bonds. The van der Waals surface area contributed by atoms with Crippen molar-refractivity contribution in [3.05, 3.63) is 29.8 Å². The van der Waals surface area contributed by atoms with Gasteiger partial charge in [0, 0.05) is 38.6 Å². The number of nitrogens with one attached hydrogen (secondary N) is 1. The van der Waals surface area contributed by atoms with E-state index in [1.165, 1.54) is 0 Å². The van der Waals surface area contributed by atoms with Crippen LogP contribution in [0.5, 0.6) is 0 Å². The summed E-state index contributed by atoms with van der Waals surface area (Å²) in [6.45, 7) is 0.917. The van der Waals surface area contributed by atoms with E-state index >= 15 is 0 Å². The van der Waals surface area contributed by atoms with Crippen LogP contribution in [0.4, 0.5) is 0 Å². The van der Waals surface area contributed by atoms with Gasteiger partial charge in [-0.25, -0.2) is 0 Å². The lowest BCUT2D eigenvalue weighted by molar-refractivity contribution is 0.0915. The quantitative estimate of drug-likeness (QED) is 0.771. The van der Waals surface area contributed by atoms with Crippen molar-refractivity contribution in [1.29, 1.82) is 0 Å². The van der Waals surface area contributed by atoms with E-state index in [-0.39, 0.29) is 18.6 Å². The minimum absolute atomic E-state index is 0.0749. The molecular formula is C16H24N6O2. The molecule has 0 bridgehead atoms. The Kier molecular flexibility index (Phi) is 5.24. The first-order chi connectivity index (χ1) is 11.7. The number of aromatic nitrogens is 5. The van der Waals surface area contributed by atoms with Crippen LogP contribution in [0.2, 0.25) is 0 Å². The molecule has 2 atom stereocenters. The maximum atomic E-state index is 12.4. The molecule has 3 rings (SSSR count). The number of hydrogen-bond donors (Lipinski definition) is 2. The molecule has 2 heterocycles. The molecule has 24 heavy (non-hydrogen) atoms. The monoisotopic (exact) mass is 332 g/mol. The van der Waals surface area contributed by atoms with Crippen LogP contribution in [0.25, 0.3) is 0 Å². The van der Waals surface area contributed by atoms with Gasteiger partial charge >= 0.3 is 0 Å². The first kappa shape index (κ1) is 16.6. The van der Waals surface area contributed by atoms with Crippen molar-refractivity contribution in [2.24, 2.45) is 13.0 Å². The van der Waals surface area contributed by atoms with Crippen molar-refractivity contribution in [2.75, 3.05) is 6.61 Å². The first-order valence-corrected chi connectivity index (χ1v) is 8.46. The van der Waals surface area contributed by atoms with Gasteiger partial charge in [0.2, 0.25) is 0 Å². The van der Waals surface area contributed by atoms with Gasteiger partial charge in [-0.05, 0) is 37.7 Å². The van der Waals surface area contributed by atoms with E-state index in [9.17, 15) is 4.79 Å². The average Bonchev–Trinajstić information content (AvgIpc) is 3.28. The van der Waals surface area contributed by atoms with Crippen molar-refractivity contribution in [1.82, 2.24) is 30.1 Å². The predicted octanol–water partition coefficient (Wildman–Crippen LogP) is 0.535. The third-order valence-electron chi connectivity index (χ3n) is 4.63. The Morgan fingerprint density at radius 1 is 1.46 bits per heavy atom. The van der Waals surface area contributed by atoms with E-state index in [0.717, 1.165) is 37.9 Å². The molecule has 1 fully saturated rings. The zero-order valence-electron chi connectivity index (χ0n) is 13.9. The van der Waals surface area contributed by atoms with Crippen LogP contribution >= 0.6 is 0 Å². The first-order valence-electron chi connectivity index (χ1n) is 8.46. The van der Waals surface area contributed by atoms with E-state index < -0.39 is 0 Å². The van der Waals surface area contributed by atoms with Crippen molar-refractivity contribution in [2.45, 2.75) is 44.7 Å². The zero-order chi connectivity index (χ0) is 16.9. The Labute approximate surface area is 140 Å². The highest BCUT2D eigenvalue weighted by Crippen LogP contribution is 2.27. The number of aryl methyl sites for hydroxylation is 2. The molecule has 0 spiro atoms. The maximum Gasteiger partial charge on any atom is 0.269 e. The van der Waals surface area contributed by atoms with Gasteiger partial charge in [0.25, 0.3) is 5.91 Å². The highest BCUT2D eigenvalue weighted by Gasteiger charge is 2.30. The normalized spacial score (nSPS) is 20.4. The van der Waals surface area contributed by atoms with Crippen molar-refractivity contribution < 1.29 is 9.90 Å². The van der Waals surface area contributed by atoms with E-state index in [2.05, 4.69) is 20.7 Å². The summed E-state index contributed by atoms with van der Waals surface area (Å²) < 4.78 is 3.44. The summed E-state index contributed by atoms with van der Waals surface area (Å²) in [7, 11) is 1.77. The number of amides is 1. The largest absolute Gasteiger partial charge is 0.396 e. The molecule has 2 N–H and O–H groups in total. The molecular weight excluding hydrogens is 308 g/mol. The summed E-state index contributed by atoms with van der Waals surface area (Å²) in [6, 6.07) is 1.88. The number of hydrogen-bond acceptors (Lipinski definition) is 5. The molecule has 0 unspecified atom stereocenters. The summed E-state index contributed by atoms with van der Waals surface area (Å²) in [4.78, 5) is 12.4. The fourth-order valence-electron chi connectivity index (χ4n) is 3.33. The van der Waals surface area contributed by atoms with Gasteiger partial charge in [-0.3, -0.25) is 14.2 Å². The number of aliphatic hydroxyl groups excluding tert-OH is 1. The minimum Gasteiger partial charge on any atom is -0.396 e. The van der Waals surface area contributed by atoms with Crippen molar-refractivity contribution in [3.63, 3.8) is 0 Å². The van der Waals surface area contributed by atoms with E-state index in [1.54, 1.807) is 24.0 Å². The summed E-state index contributed by atoms with van der Waals surface area (Å²) in [5.41, 5.74) is 1.48. The van der Waals surface area contributed by atoms with Crippen LogP contribution in [0.1, 0.15) is 41.9 Å². The fraction of sp³-hybridized carbons (Fsp3) is 0.625. The molecule has 1 saturated carbocycles. The van der Waals surface area contributed by atoms with E-state index in [0.29, 0.717) is 18.0 Å². The molecule has 8 nitrogen and oxygen atoms in total. The lowest BCUT2D eigenvalue weighted by atomic mass is 10.0. The number of carbonyl (C=O) groups excluding carboxylic acids is 1. The highest BCUT2D eigenvalue weighted by molar-refractivity contribution is 5.92. The van der Waals surface area contributed by atoms with Gasteiger partial charge in [-0.1, -0.05) is 11.6 Å². The molecule has 130 valence electrons. The molecule has 8 heteroatoms. The Bertz CT molecular complexity index is 680. The SMILES string of the molecule is Cn1nccc1C(=O)N[C@@H]1CCC[C@@H]1Cn1cc(CCCO)nn1. The molecule has 2 aromatic rings. The number of carbonyl (C=O) groups is 1. The predicted molar refractivity (Wildman–Crippen MR) is 87.2 cm³/mol. The Balaban J connectivity index is 1.58.